The smallest absolute Gasteiger partial charge is 0.261 e. The SMILES string of the molecule is Cc1ccc(NS(=O)(=O)c2ccc(N=Cc3ccc(F)cc3)cc2)c(C)c1. The van der Waals surface area contributed by atoms with Gasteiger partial charge in [0.2, 0.25) is 0 Å². The predicted octanol–water partition coefficient (Wildman–Crippen LogP) is 4.99. The van der Waals surface area contributed by atoms with Crippen LogP contribution in [0.4, 0.5) is 15.8 Å². The zero-order valence-electron chi connectivity index (χ0n) is 15.0. The lowest BCUT2D eigenvalue weighted by Gasteiger charge is -2.11. The van der Waals surface area contributed by atoms with Crippen LogP contribution in [0.3, 0.4) is 0 Å². The van der Waals surface area contributed by atoms with Gasteiger partial charge in [0.05, 0.1) is 16.3 Å². The van der Waals surface area contributed by atoms with Gasteiger partial charge in [0, 0.05) is 6.21 Å². The normalized spacial score (nSPS) is 11.7. The Hall–Kier alpha value is -2.99. The third-order valence-corrected chi connectivity index (χ3v) is 5.39. The van der Waals surface area contributed by atoms with E-state index in [0.29, 0.717) is 11.4 Å². The first-order chi connectivity index (χ1) is 12.8. The van der Waals surface area contributed by atoms with E-state index in [1.165, 1.54) is 24.3 Å². The average molecular weight is 382 g/mol. The summed E-state index contributed by atoms with van der Waals surface area (Å²) in [6, 6.07) is 17.7. The lowest BCUT2D eigenvalue weighted by molar-refractivity contribution is 0.601. The molecule has 0 aliphatic heterocycles. The minimum Gasteiger partial charge on any atom is -0.279 e. The van der Waals surface area contributed by atoms with E-state index in [1.54, 1.807) is 36.5 Å². The molecule has 3 rings (SSSR count). The van der Waals surface area contributed by atoms with Gasteiger partial charge < -0.3 is 0 Å². The van der Waals surface area contributed by atoms with Crippen LogP contribution in [0.15, 0.2) is 76.6 Å². The van der Waals surface area contributed by atoms with Crippen LogP contribution in [-0.4, -0.2) is 14.6 Å². The van der Waals surface area contributed by atoms with Crippen molar-refractivity contribution in [3.05, 3.63) is 89.2 Å². The largest absolute Gasteiger partial charge is 0.279 e. The van der Waals surface area contributed by atoms with E-state index in [2.05, 4.69) is 9.71 Å². The first kappa shape index (κ1) is 18.8. The standard InChI is InChI=1S/C21H19FN2O2S/c1-15-3-12-21(16(2)13-15)24-27(25,26)20-10-8-19(9-11-20)23-14-17-4-6-18(22)7-5-17/h3-14,24H,1-2H3. The number of aryl methyl sites for hydroxylation is 2. The van der Waals surface area contributed by atoms with Crippen LogP contribution in [-0.2, 0) is 10.0 Å². The number of anilines is 1. The molecule has 1 N–H and O–H groups in total. The van der Waals surface area contributed by atoms with Gasteiger partial charge >= 0.3 is 0 Å². The Bertz CT molecular complexity index is 1070. The van der Waals surface area contributed by atoms with Crippen LogP contribution >= 0.6 is 0 Å². The van der Waals surface area contributed by atoms with Gasteiger partial charge in [-0.2, -0.15) is 0 Å². The summed E-state index contributed by atoms with van der Waals surface area (Å²) in [5, 5.41) is 0. The van der Waals surface area contributed by atoms with E-state index in [9.17, 15) is 12.8 Å². The molecule has 0 saturated heterocycles. The van der Waals surface area contributed by atoms with Crippen molar-refractivity contribution in [2.75, 3.05) is 4.72 Å². The fourth-order valence-corrected chi connectivity index (χ4v) is 3.67. The summed E-state index contributed by atoms with van der Waals surface area (Å²) in [7, 11) is -3.68. The second-order valence-electron chi connectivity index (χ2n) is 6.23. The zero-order valence-corrected chi connectivity index (χ0v) is 15.8. The molecule has 0 fully saturated rings. The Morgan fingerprint density at radius 2 is 1.59 bits per heavy atom. The van der Waals surface area contributed by atoms with Gasteiger partial charge in [-0.15, -0.1) is 0 Å². The van der Waals surface area contributed by atoms with Gasteiger partial charge in [-0.05, 0) is 67.4 Å². The number of aliphatic imine (C=N–C) groups is 1. The Morgan fingerprint density at radius 1 is 0.926 bits per heavy atom. The lowest BCUT2D eigenvalue weighted by Crippen LogP contribution is -2.13. The van der Waals surface area contributed by atoms with Crippen LogP contribution in [0, 0.1) is 19.7 Å². The minimum atomic E-state index is -3.68. The van der Waals surface area contributed by atoms with Gasteiger partial charge in [-0.1, -0.05) is 29.8 Å². The number of halogens is 1. The molecule has 0 heterocycles. The highest BCUT2D eigenvalue weighted by Crippen LogP contribution is 2.22. The van der Waals surface area contributed by atoms with Crippen molar-refractivity contribution < 1.29 is 12.8 Å². The monoisotopic (exact) mass is 382 g/mol. The van der Waals surface area contributed by atoms with Crippen molar-refractivity contribution in [2.24, 2.45) is 4.99 Å². The van der Waals surface area contributed by atoms with Crippen molar-refractivity contribution in [3.8, 4) is 0 Å². The van der Waals surface area contributed by atoms with E-state index < -0.39 is 10.0 Å². The molecule has 0 saturated carbocycles. The molecule has 0 spiro atoms. The third kappa shape index (κ3) is 4.80. The second-order valence-corrected chi connectivity index (χ2v) is 7.91. The molecule has 0 aliphatic rings. The van der Waals surface area contributed by atoms with E-state index in [4.69, 9.17) is 0 Å². The molecular weight excluding hydrogens is 363 g/mol. The zero-order chi connectivity index (χ0) is 19.4. The maximum absolute atomic E-state index is 12.9. The highest BCUT2D eigenvalue weighted by atomic mass is 32.2. The van der Waals surface area contributed by atoms with Gasteiger partial charge in [0.25, 0.3) is 10.0 Å². The van der Waals surface area contributed by atoms with Gasteiger partial charge in [-0.25, -0.2) is 12.8 Å². The minimum absolute atomic E-state index is 0.156. The summed E-state index contributed by atoms with van der Waals surface area (Å²) in [5.41, 5.74) is 3.84. The molecule has 0 unspecified atom stereocenters. The van der Waals surface area contributed by atoms with E-state index in [0.717, 1.165) is 16.7 Å². The molecule has 0 amide bonds. The van der Waals surface area contributed by atoms with Crippen molar-refractivity contribution in [1.29, 1.82) is 0 Å². The molecule has 0 aromatic heterocycles. The maximum atomic E-state index is 12.9. The molecule has 6 heteroatoms. The van der Waals surface area contributed by atoms with Gasteiger partial charge in [-0.3, -0.25) is 9.71 Å². The highest BCUT2D eigenvalue weighted by Gasteiger charge is 2.15. The Kier molecular flexibility index (Phi) is 5.37. The number of rotatable bonds is 5. The molecule has 0 radical (unpaired) electrons. The fraction of sp³-hybridized carbons (Fsp3) is 0.0952. The van der Waals surface area contributed by atoms with Gasteiger partial charge in [0.1, 0.15) is 5.82 Å². The summed E-state index contributed by atoms with van der Waals surface area (Å²) in [6.07, 6.45) is 1.59. The lowest BCUT2D eigenvalue weighted by atomic mass is 10.1. The summed E-state index contributed by atoms with van der Waals surface area (Å²) in [6.45, 7) is 3.81. The van der Waals surface area contributed by atoms with Crippen molar-refractivity contribution >= 4 is 27.6 Å². The fourth-order valence-electron chi connectivity index (χ4n) is 2.54. The third-order valence-electron chi connectivity index (χ3n) is 4.01. The summed E-state index contributed by atoms with van der Waals surface area (Å²) in [5.74, 6) is -0.307. The average Bonchev–Trinajstić information content (AvgIpc) is 2.64. The number of hydrogen-bond acceptors (Lipinski definition) is 3. The van der Waals surface area contributed by atoms with Crippen molar-refractivity contribution in [2.45, 2.75) is 18.7 Å². The maximum Gasteiger partial charge on any atom is 0.261 e. The van der Waals surface area contributed by atoms with E-state index >= 15 is 0 Å². The Morgan fingerprint density at radius 3 is 2.22 bits per heavy atom. The topological polar surface area (TPSA) is 58.5 Å². The van der Waals surface area contributed by atoms with Crippen LogP contribution in [0.5, 0.6) is 0 Å². The quantitative estimate of drug-likeness (QED) is 0.632. The molecular formula is C21H19FN2O2S. The summed E-state index contributed by atoms with van der Waals surface area (Å²) >= 11 is 0. The molecule has 4 nitrogen and oxygen atoms in total. The van der Waals surface area contributed by atoms with Crippen molar-refractivity contribution in [3.63, 3.8) is 0 Å². The molecule has 138 valence electrons. The van der Waals surface area contributed by atoms with Crippen LogP contribution in [0.25, 0.3) is 0 Å². The van der Waals surface area contributed by atoms with Crippen LogP contribution < -0.4 is 4.72 Å². The van der Waals surface area contributed by atoms with Crippen LogP contribution in [0.1, 0.15) is 16.7 Å². The summed E-state index contributed by atoms with van der Waals surface area (Å²) in [4.78, 5) is 4.43. The first-order valence-electron chi connectivity index (χ1n) is 8.33. The first-order valence-corrected chi connectivity index (χ1v) is 9.81. The number of nitrogens with one attached hydrogen (secondary N) is 1. The summed E-state index contributed by atoms with van der Waals surface area (Å²) < 4.78 is 40.7. The number of benzene rings is 3. The predicted molar refractivity (Wildman–Crippen MR) is 107 cm³/mol. The van der Waals surface area contributed by atoms with Crippen molar-refractivity contribution in [1.82, 2.24) is 0 Å². The second kappa shape index (κ2) is 7.72. The van der Waals surface area contributed by atoms with E-state index in [1.807, 2.05) is 26.0 Å². The Labute approximate surface area is 158 Å². The molecule has 0 atom stereocenters. The highest BCUT2D eigenvalue weighted by molar-refractivity contribution is 7.92. The van der Waals surface area contributed by atoms with E-state index in [-0.39, 0.29) is 10.7 Å². The number of sulfonamides is 1. The molecule has 3 aromatic rings. The Balaban J connectivity index is 1.76. The molecule has 27 heavy (non-hydrogen) atoms. The number of nitrogens with zero attached hydrogens (tertiary/aromatic N) is 1. The van der Waals surface area contributed by atoms with Gasteiger partial charge in [0.15, 0.2) is 0 Å². The number of hydrogen-bond donors (Lipinski definition) is 1. The molecule has 0 bridgehead atoms. The molecule has 0 aliphatic carbocycles. The molecule has 3 aromatic carbocycles. The van der Waals surface area contributed by atoms with Crippen LogP contribution in [0.2, 0.25) is 0 Å².